The van der Waals surface area contributed by atoms with Crippen LogP contribution < -0.4 is 10.5 Å². The van der Waals surface area contributed by atoms with Gasteiger partial charge < -0.3 is 30.9 Å². The summed E-state index contributed by atoms with van der Waals surface area (Å²) in [5.41, 5.74) is 3.37. The number of ether oxygens (including phenoxy) is 1. The standard InChI is InChI=1S/C35H45NO8/c1-8-44-19-11-9-10-18(12-19)21-13-20(16(2)3)22-14-33(6)15-34(7)25(17(4)5)29(39)24(32(36)42)30(40)35(34,43)31(41)26(33)28(38)23(22)27(21)37/h9-13,16-17,24-26,29,31,37,39,41,43H,8,14-15H2,1-7H3,(H2,36,42)/t24-,25+,26-,29?,31?,33-,34-,35+/m1/s1. The highest BCUT2D eigenvalue weighted by molar-refractivity contribution is 6.10. The monoisotopic (exact) mass is 607 g/mol. The smallest absolute Gasteiger partial charge is 0.230 e. The Morgan fingerprint density at radius 2 is 1.77 bits per heavy atom. The first kappa shape index (κ1) is 32.1. The van der Waals surface area contributed by atoms with Crippen molar-refractivity contribution in [3.8, 4) is 22.6 Å². The maximum Gasteiger partial charge on any atom is 0.230 e. The van der Waals surface area contributed by atoms with Gasteiger partial charge in [-0.3, -0.25) is 14.4 Å². The van der Waals surface area contributed by atoms with E-state index in [1.165, 1.54) is 0 Å². The number of aromatic hydroxyl groups is 1. The van der Waals surface area contributed by atoms with Gasteiger partial charge in [0.15, 0.2) is 17.2 Å². The molecule has 0 radical (unpaired) electrons. The van der Waals surface area contributed by atoms with Crippen LogP contribution in [0.25, 0.3) is 11.1 Å². The molecule has 0 bridgehead atoms. The molecule has 0 aromatic heterocycles. The Morgan fingerprint density at radius 3 is 2.34 bits per heavy atom. The quantitative estimate of drug-likeness (QED) is 0.310. The molecule has 3 aliphatic rings. The number of nitrogens with two attached hydrogens (primary N) is 1. The van der Waals surface area contributed by atoms with E-state index >= 15 is 0 Å². The Hall–Kier alpha value is -3.27. The largest absolute Gasteiger partial charge is 0.507 e. The highest BCUT2D eigenvalue weighted by Crippen LogP contribution is 2.66. The van der Waals surface area contributed by atoms with Crippen molar-refractivity contribution in [1.82, 2.24) is 0 Å². The lowest BCUT2D eigenvalue weighted by molar-refractivity contribution is -0.265. The number of phenols is 1. The Bertz CT molecular complexity index is 1530. The van der Waals surface area contributed by atoms with Gasteiger partial charge in [-0.1, -0.05) is 53.7 Å². The van der Waals surface area contributed by atoms with Gasteiger partial charge in [-0.15, -0.1) is 0 Å². The SMILES string of the molecule is CCOc1cccc(-c2cc(C(C)C)c3c(c2O)C(=O)[C@@H]2C(O)[C@@]4(O)C(=O)[C@H](C(N)=O)C(O)[C@H](C(C)C)[C@@]4(C)C[C@@]2(C)C3)c1. The number of hydrogen-bond donors (Lipinski definition) is 5. The maximum atomic E-state index is 14.6. The Morgan fingerprint density at radius 1 is 1.11 bits per heavy atom. The summed E-state index contributed by atoms with van der Waals surface area (Å²) in [6.07, 6.45) is -2.98. The zero-order valence-corrected chi connectivity index (χ0v) is 26.5. The molecule has 2 saturated carbocycles. The van der Waals surface area contributed by atoms with Crippen LogP contribution in [0.5, 0.6) is 11.5 Å². The molecule has 44 heavy (non-hydrogen) atoms. The van der Waals surface area contributed by atoms with Crippen molar-refractivity contribution < 1.29 is 39.5 Å². The van der Waals surface area contributed by atoms with Gasteiger partial charge in [-0.05, 0) is 77.8 Å². The number of aliphatic hydroxyl groups excluding tert-OH is 2. The fourth-order valence-corrected chi connectivity index (χ4v) is 9.28. The fourth-order valence-electron chi connectivity index (χ4n) is 9.28. The molecule has 0 aliphatic heterocycles. The summed E-state index contributed by atoms with van der Waals surface area (Å²) in [4.78, 5) is 41.0. The maximum absolute atomic E-state index is 14.6. The molecule has 9 heteroatoms. The fraction of sp³-hybridized carbons (Fsp3) is 0.571. The summed E-state index contributed by atoms with van der Waals surface area (Å²) in [7, 11) is 0. The zero-order chi connectivity index (χ0) is 32.7. The first-order valence-electron chi connectivity index (χ1n) is 15.5. The summed E-state index contributed by atoms with van der Waals surface area (Å²) in [6, 6.07) is 9.12. The van der Waals surface area contributed by atoms with E-state index in [2.05, 4.69) is 0 Å². The van der Waals surface area contributed by atoms with Gasteiger partial charge in [-0.25, -0.2) is 0 Å². The van der Waals surface area contributed by atoms with Crippen LogP contribution in [0.2, 0.25) is 0 Å². The number of carbonyl (C=O) groups is 3. The van der Waals surface area contributed by atoms with Crippen molar-refractivity contribution in [2.45, 2.75) is 85.0 Å². The number of amides is 1. The molecule has 2 unspecified atom stereocenters. The number of fused-ring (bicyclic) bond motifs is 3. The van der Waals surface area contributed by atoms with Gasteiger partial charge in [0, 0.05) is 11.0 Å². The molecule has 0 heterocycles. The van der Waals surface area contributed by atoms with E-state index in [1.807, 2.05) is 53.7 Å². The molecule has 0 saturated heterocycles. The first-order valence-corrected chi connectivity index (χ1v) is 15.5. The van der Waals surface area contributed by atoms with Crippen LogP contribution in [0, 0.1) is 34.5 Å². The van der Waals surface area contributed by atoms with E-state index in [0.29, 0.717) is 29.0 Å². The molecule has 238 valence electrons. The Kier molecular flexibility index (Phi) is 7.79. The normalized spacial score (nSPS) is 34.9. The summed E-state index contributed by atoms with van der Waals surface area (Å²) in [5, 5.41) is 47.5. The van der Waals surface area contributed by atoms with Crippen LogP contribution in [0.3, 0.4) is 0 Å². The lowest BCUT2D eigenvalue weighted by Crippen LogP contribution is -2.79. The average molecular weight is 608 g/mol. The minimum Gasteiger partial charge on any atom is -0.507 e. The summed E-state index contributed by atoms with van der Waals surface area (Å²) in [6.45, 7) is 13.5. The number of ketones is 2. The zero-order valence-electron chi connectivity index (χ0n) is 26.5. The molecular weight excluding hydrogens is 562 g/mol. The Labute approximate surface area is 258 Å². The van der Waals surface area contributed by atoms with E-state index in [4.69, 9.17) is 10.5 Å². The molecule has 6 N–H and O–H groups in total. The third kappa shape index (κ3) is 4.26. The minimum absolute atomic E-state index is 0.0232. The van der Waals surface area contributed by atoms with Crippen LogP contribution >= 0.6 is 0 Å². The van der Waals surface area contributed by atoms with Crippen molar-refractivity contribution in [3.63, 3.8) is 0 Å². The molecule has 8 atom stereocenters. The van der Waals surface area contributed by atoms with Crippen LogP contribution in [-0.2, 0) is 16.0 Å². The molecule has 1 amide bonds. The number of Topliss-reactive ketones (excluding diaryl/α,β-unsaturated/α-hetero) is 2. The van der Waals surface area contributed by atoms with E-state index in [9.17, 15) is 34.8 Å². The highest BCUT2D eigenvalue weighted by Gasteiger charge is 2.76. The number of aliphatic hydroxyl groups is 3. The number of carbonyl (C=O) groups excluding carboxylic acids is 3. The average Bonchev–Trinajstić information content (AvgIpc) is 2.90. The summed E-state index contributed by atoms with van der Waals surface area (Å²) < 4.78 is 5.66. The van der Waals surface area contributed by atoms with Crippen molar-refractivity contribution in [2.75, 3.05) is 6.61 Å². The van der Waals surface area contributed by atoms with Crippen molar-refractivity contribution in [2.24, 2.45) is 40.2 Å². The van der Waals surface area contributed by atoms with E-state index in [-0.39, 0.29) is 36.0 Å². The predicted molar refractivity (Wildman–Crippen MR) is 164 cm³/mol. The Balaban J connectivity index is 1.74. The van der Waals surface area contributed by atoms with E-state index in [0.717, 1.165) is 5.56 Å². The molecule has 2 aromatic carbocycles. The summed E-state index contributed by atoms with van der Waals surface area (Å²) >= 11 is 0. The van der Waals surface area contributed by atoms with Gasteiger partial charge in [0.05, 0.1) is 24.2 Å². The van der Waals surface area contributed by atoms with Crippen molar-refractivity contribution in [1.29, 1.82) is 0 Å². The van der Waals surface area contributed by atoms with Gasteiger partial charge in [-0.2, -0.15) is 0 Å². The van der Waals surface area contributed by atoms with Crippen LogP contribution in [0.1, 0.15) is 82.3 Å². The first-order chi connectivity index (χ1) is 20.5. The number of phenolic OH excluding ortho intramolecular Hbond substituents is 1. The van der Waals surface area contributed by atoms with Crippen LogP contribution in [-0.4, -0.2) is 62.3 Å². The molecule has 2 aromatic rings. The molecule has 5 rings (SSSR count). The third-order valence-electron chi connectivity index (χ3n) is 10.9. The van der Waals surface area contributed by atoms with Gasteiger partial charge >= 0.3 is 0 Å². The van der Waals surface area contributed by atoms with Gasteiger partial charge in [0.1, 0.15) is 23.5 Å². The number of hydrogen-bond acceptors (Lipinski definition) is 8. The summed E-state index contributed by atoms with van der Waals surface area (Å²) in [5.74, 6) is -6.50. The second-order valence-electron chi connectivity index (χ2n) is 14.3. The molecule has 3 aliphatic carbocycles. The number of primary amides is 1. The van der Waals surface area contributed by atoms with Gasteiger partial charge in [0.25, 0.3) is 0 Å². The predicted octanol–water partition coefficient (Wildman–Crippen LogP) is 3.76. The molecule has 2 fully saturated rings. The van der Waals surface area contributed by atoms with Crippen LogP contribution in [0.15, 0.2) is 30.3 Å². The second kappa shape index (κ2) is 10.7. The third-order valence-corrected chi connectivity index (χ3v) is 10.9. The number of benzene rings is 2. The van der Waals surface area contributed by atoms with Crippen molar-refractivity contribution >= 4 is 17.5 Å². The van der Waals surface area contributed by atoms with E-state index < -0.39 is 63.9 Å². The van der Waals surface area contributed by atoms with Gasteiger partial charge in [0.2, 0.25) is 5.91 Å². The number of rotatable bonds is 6. The van der Waals surface area contributed by atoms with Crippen molar-refractivity contribution in [3.05, 3.63) is 47.0 Å². The lowest BCUT2D eigenvalue weighted by atomic mass is 9.39. The van der Waals surface area contributed by atoms with E-state index in [1.54, 1.807) is 25.1 Å². The second-order valence-corrected chi connectivity index (χ2v) is 14.3. The minimum atomic E-state index is -2.54. The molecule has 9 nitrogen and oxygen atoms in total. The molecular formula is C35H45NO8. The topological polar surface area (TPSA) is 167 Å². The lowest BCUT2D eigenvalue weighted by Gasteiger charge is -2.66. The highest BCUT2D eigenvalue weighted by atomic mass is 16.5. The molecule has 0 spiro atoms. The van der Waals surface area contributed by atoms with Crippen LogP contribution in [0.4, 0.5) is 0 Å².